The van der Waals surface area contributed by atoms with Gasteiger partial charge in [-0.05, 0) is 66.1 Å². The third-order valence-corrected chi connectivity index (χ3v) is 8.54. The summed E-state index contributed by atoms with van der Waals surface area (Å²) in [6.07, 6.45) is 12.1. The first-order valence-electron chi connectivity index (χ1n) is 10.7. The van der Waals surface area contributed by atoms with Gasteiger partial charge in [0.25, 0.3) is 0 Å². The van der Waals surface area contributed by atoms with Gasteiger partial charge in [0.15, 0.2) is 0 Å². The van der Waals surface area contributed by atoms with Gasteiger partial charge < -0.3 is 4.74 Å². The van der Waals surface area contributed by atoms with E-state index in [-0.39, 0.29) is 10.8 Å². The van der Waals surface area contributed by atoms with E-state index < -0.39 is 0 Å². The molecule has 0 unspecified atom stereocenters. The van der Waals surface area contributed by atoms with Crippen molar-refractivity contribution in [2.75, 3.05) is 13.7 Å². The average molecular weight is 379 g/mol. The summed E-state index contributed by atoms with van der Waals surface area (Å²) in [5.41, 5.74) is 4.18. The maximum atomic E-state index is 12.0. The molecule has 148 valence electrons. The van der Waals surface area contributed by atoms with E-state index in [0.29, 0.717) is 30.0 Å². The van der Waals surface area contributed by atoms with Crippen molar-refractivity contribution in [1.29, 1.82) is 0 Å². The molecule has 5 rings (SSSR count). The zero-order valence-corrected chi connectivity index (χ0v) is 17.2. The second-order valence-electron chi connectivity index (χ2n) is 9.72. The third kappa shape index (κ3) is 2.46. The summed E-state index contributed by atoms with van der Waals surface area (Å²) in [6, 6.07) is 2.13. The van der Waals surface area contributed by atoms with Crippen LogP contribution in [0.3, 0.4) is 0 Å². The van der Waals surface area contributed by atoms with Gasteiger partial charge >= 0.3 is 0 Å². The van der Waals surface area contributed by atoms with Crippen molar-refractivity contribution in [2.45, 2.75) is 52.4 Å². The molecule has 28 heavy (non-hydrogen) atoms. The lowest BCUT2D eigenvalue weighted by Gasteiger charge is -2.56. The second kappa shape index (κ2) is 6.27. The van der Waals surface area contributed by atoms with Crippen LogP contribution in [0.15, 0.2) is 29.5 Å². The molecule has 4 aliphatic rings. The van der Waals surface area contributed by atoms with Crippen LogP contribution in [0.2, 0.25) is 0 Å². The number of Topliss-reactive ketones (excluding diaryl/α,β-unsaturated/α-hetero) is 1. The zero-order chi connectivity index (χ0) is 19.5. The lowest BCUT2D eigenvalue weighted by atomic mass is 9.49. The van der Waals surface area contributed by atoms with Crippen LogP contribution in [-0.4, -0.2) is 30.1 Å². The molecule has 0 N–H and O–H groups in total. The highest BCUT2D eigenvalue weighted by atomic mass is 16.5. The van der Waals surface area contributed by atoms with Gasteiger partial charge in [-0.2, -0.15) is 0 Å². The quantitative estimate of drug-likeness (QED) is 0.747. The Kier molecular flexibility index (Phi) is 4.05. The average Bonchev–Trinajstić information content (AvgIpc) is 3.06. The number of fused-ring (bicyclic) bond motifs is 5. The van der Waals surface area contributed by atoms with Crippen LogP contribution >= 0.6 is 0 Å². The molecule has 1 aliphatic heterocycles. The largest absolute Gasteiger partial charge is 0.495 e. The fourth-order valence-corrected chi connectivity index (χ4v) is 6.90. The molecule has 5 atom stereocenters. The molecule has 2 heterocycles. The summed E-state index contributed by atoms with van der Waals surface area (Å²) in [5, 5.41) is 0. The molecule has 0 amide bonds. The molecule has 1 aromatic heterocycles. The van der Waals surface area contributed by atoms with E-state index in [1.165, 1.54) is 29.7 Å². The Morgan fingerprint density at radius 1 is 1.14 bits per heavy atom. The molecule has 0 aromatic carbocycles. The second-order valence-corrected chi connectivity index (χ2v) is 9.72. The summed E-state index contributed by atoms with van der Waals surface area (Å²) < 4.78 is 5.42. The minimum atomic E-state index is 0.137. The van der Waals surface area contributed by atoms with E-state index >= 15 is 0 Å². The first kappa shape index (κ1) is 18.1. The topological polar surface area (TPSA) is 51.6 Å². The Balaban J connectivity index is 1.47. The first-order valence-corrected chi connectivity index (χ1v) is 10.7. The van der Waals surface area contributed by atoms with Crippen molar-refractivity contribution in [1.82, 2.24) is 4.98 Å². The zero-order valence-electron chi connectivity index (χ0n) is 17.2. The number of carbonyl (C=O) groups excluding carboxylic acids is 1. The van der Waals surface area contributed by atoms with E-state index in [4.69, 9.17) is 9.73 Å². The Labute approximate surface area is 167 Å². The van der Waals surface area contributed by atoms with Crippen LogP contribution in [0.5, 0.6) is 5.75 Å². The Morgan fingerprint density at radius 3 is 2.82 bits per heavy atom. The van der Waals surface area contributed by atoms with E-state index in [0.717, 1.165) is 31.6 Å². The molecule has 1 aromatic rings. The molecular formula is C24H30N2O2. The van der Waals surface area contributed by atoms with Crippen LogP contribution in [-0.2, 0) is 4.79 Å². The maximum Gasteiger partial charge on any atom is 0.138 e. The van der Waals surface area contributed by atoms with Gasteiger partial charge in [-0.25, -0.2) is 0 Å². The normalized spacial score (nSPS) is 39.4. The summed E-state index contributed by atoms with van der Waals surface area (Å²) >= 11 is 0. The molecule has 2 fully saturated rings. The first-order chi connectivity index (χ1) is 13.5. The third-order valence-electron chi connectivity index (χ3n) is 8.54. The molecule has 0 spiro atoms. The molecule has 3 aliphatic carbocycles. The van der Waals surface area contributed by atoms with Crippen molar-refractivity contribution in [3.05, 3.63) is 30.1 Å². The number of ether oxygens (including phenoxy) is 1. The summed E-state index contributed by atoms with van der Waals surface area (Å²) in [7, 11) is 1.70. The van der Waals surface area contributed by atoms with Gasteiger partial charge in [0.05, 0.1) is 13.3 Å². The minimum absolute atomic E-state index is 0.137. The van der Waals surface area contributed by atoms with Crippen LogP contribution in [0.4, 0.5) is 0 Å². The van der Waals surface area contributed by atoms with Gasteiger partial charge in [-0.15, -0.1) is 0 Å². The highest BCUT2D eigenvalue weighted by molar-refractivity contribution is 6.07. The molecule has 0 saturated heterocycles. The standard InChI is InChI=1S/C24H30N2O2/c1-23-9-7-21-18(14-26-22-11-16(27)6-8-24(21,22)2)20(23)5-4-19(23)15-10-17(28-3)13-25-12-15/h4,10,12-13,18,20-21H,5-9,11,14H2,1-3H3/t18-,20-,21-,23+,24+/m0/s1. The van der Waals surface area contributed by atoms with E-state index in [2.05, 4.69) is 31.0 Å². The van der Waals surface area contributed by atoms with Crippen molar-refractivity contribution >= 4 is 17.1 Å². The molecule has 4 heteroatoms. The fraction of sp³-hybridized carbons (Fsp3) is 0.625. The highest BCUT2D eigenvalue weighted by Crippen LogP contribution is 2.63. The van der Waals surface area contributed by atoms with Gasteiger partial charge in [0.1, 0.15) is 11.5 Å². The Hall–Kier alpha value is -1.97. The number of aromatic nitrogens is 1. The van der Waals surface area contributed by atoms with Crippen molar-refractivity contribution < 1.29 is 9.53 Å². The van der Waals surface area contributed by atoms with Gasteiger partial charge in [0.2, 0.25) is 0 Å². The number of nitrogens with zero attached hydrogens (tertiary/aromatic N) is 2. The summed E-state index contributed by atoms with van der Waals surface area (Å²) in [4.78, 5) is 21.4. The monoisotopic (exact) mass is 378 g/mol. The van der Waals surface area contributed by atoms with Crippen LogP contribution in [0.25, 0.3) is 5.57 Å². The van der Waals surface area contributed by atoms with Crippen LogP contribution in [0.1, 0.15) is 57.9 Å². The number of carbonyl (C=O) groups is 1. The molecule has 0 bridgehead atoms. The number of pyridine rings is 1. The molecular weight excluding hydrogens is 348 g/mol. The Morgan fingerprint density at radius 2 is 2.00 bits per heavy atom. The molecule has 0 radical (unpaired) electrons. The molecule has 4 nitrogen and oxygen atoms in total. The number of allylic oxidation sites excluding steroid dienone is 2. The van der Waals surface area contributed by atoms with E-state index in [9.17, 15) is 4.79 Å². The maximum absolute atomic E-state index is 12.0. The van der Waals surface area contributed by atoms with Crippen LogP contribution in [0, 0.1) is 28.6 Å². The lowest BCUT2D eigenvalue weighted by molar-refractivity contribution is -0.120. The number of rotatable bonds is 2. The van der Waals surface area contributed by atoms with Crippen molar-refractivity contribution in [2.24, 2.45) is 33.6 Å². The van der Waals surface area contributed by atoms with Crippen molar-refractivity contribution in [3.63, 3.8) is 0 Å². The fourth-order valence-electron chi connectivity index (χ4n) is 6.90. The predicted molar refractivity (Wildman–Crippen MR) is 110 cm³/mol. The summed E-state index contributed by atoms with van der Waals surface area (Å²) in [5.74, 6) is 3.12. The number of hydrogen-bond donors (Lipinski definition) is 0. The van der Waals surface area contributed by atoms with E-state index in [1.807, 2.05) is 6.20 Å². The SMILES string of the molecule is COc1cncc(C2=CC[C@H]3[C@@H]4CN=C5CC(=O)CC[C@]5(C)[C@H]4CC[C@]23C)c1. The van der Waals surface area contributed by atoms with Gasteiger partial charge in [-0.3, -0.25) is 14.8 Å². The highest BCUT2D eigenvalue weighted by Gasteiger charge is 2.57. The van der Waals surface area contributed by atoms with Gasteiger partial charge in [-0.1, -0.05) is 19.9 Å². The number of aliphatic imine (C=N–C) groups is 1. The van der Waals surface area contributed by atoms with Gasteiger partial charge in [0, 0.05) is 36.7 Å². The lowest BCUT2D eigenvalue weighted by Crippen LogP contribution is -2.54. The Bertz CT molecular complexity index is 888. The molecule has 2 saturated carbocycles. The smallest absolute Gasteiger partial charge is 0.138 e. The minimum Gasteiger partial charge on any atom is -0.495 e. The van der Waals surface area contributed by atoms with Crippen molar-refractivity contribution in [3.8, 4) is 5.75 Å². The predicted octanol–water partition coefficient (Wildman–Crippen LogP) is 4.74. The summed E-state index contributed by atoms with van der Waals surface area (Å²) in [6.45, 7) is 5.76. The number of ketones is 1. The van der Waals surface area contributed by atoms with E-state index in [1.54, 1.807) is 13.3 Å². The number of methoxy groups -OCH3 is 1. The number of hydrogen-bond acceptors (Lipinski definition) is 4. The van der Waals surface area contributed by atoms with Crippen LogP contribution < -0.4 is 4.74 Å².